The lowest BCUT2D eigenvalue weighted by Gasteiger charge is -2.36. The molecule has 1 saturated heterocycles. The van der Waals surface area contributed by atoms with Crippen LogP contribution >= 0.6 is 0 Å². The van der Waals surface area contributed by atoms with Crippen molar-refractivity contribution < 1.29 is 14.3 Å². The molecule has 0 bridgehead atoms. The van der Waals surface area contributed by atoms with Crippen LogP contribution in [-0.2, 0) is 0 Å². The zero-order valence-corrected chi connectivity index (χ0v) is 11.1. The number of anilines is 1. The molecule has 1 aromatic rings. The maximum absolute atomic E-state index is 14.2. The highest BCUT2D eigenvalue weighted by molar-refractivity contribution is 5.88. The number of nitrogens with zero attached hydrogens (tertiary/aromatic N) is 2. The molecule has 19 heavy (non-hydrogen) atoms. The van der Waals surface area contributed by atoms with Gasteiger partial charge in [-0.15, -0.1) is 0 Å². The predicted molar refractivity (Wildman–Crippen MR) is 71.0 cm³/mol. The summed E-state index contributed by atoms with van der Waals surface area (Å²) >= 11 is 0. The molecule has 0 aromatic carbocycles. The van der Waals surface area contributed by atoms with Crippen molar-refractivity contribution in [2.24, 2.45) is 0 Å². The molecule has 0 spiro atoms. The van der Waals surface area contributed by atoms with Gasteiger partial charge in [0.25, 0.3) is 0 Å². The summed E-state index contributed by atoms with van der Waals surface area (Å²) in [4.78, 5) is 17.0. The molecule has 104 valence electrons. The zero-order valence-electron chi connectivity index (χ0n) is 11.1. The molecular formula is C14H19FN2O2. The van der Waals surface area contributed by atoms with E-state index in [-0.39, 0.29) is 17.4 Å². The number of pyridine rings is 1. The summed E-state index contributed by atoms with van der Waals surface area (Å²) in [5.41, 5.74) is -0.300. The van der Waals surface area contributed by atoms with Crippen LogP contribution in [0.15, 0.2) is 12.3 Å². The number of carboxylic acid groups (broad SMARTS) is 1. The molecule has 2 rings (SSSR count). The normalized spacial score (nSPS) is 19.5. The Morgan fingerprint density at radius 3 is 3.05 bits per heavy atom. The van der Waals surface area contributed by atoms with Crippen molar-refractivity contribution in [2.75, 3.05) is 11.4 Å². The molecule has 0 saturated carbocycles. The van der Waals surface area contributed by atoms with Gasteiger partial charge in [-0.1, -0.05) is 13.3 Å². The van der Waals surface area contributed by atoms with Gasteiger partial charge in [0.15, 0.2) is 11.6 Å². The van der Waals surface area contributed by atoms with Crippen LogP contribution in [0.4, 0.5) is 10.2 Å². The number of carbonyl (C=O) groups is 1. The van der Waals surface area contributed by atoms with Crippen LogP contribution in [0, 0.1) is 5.82 Å². The first-order valence-electron chi connectivity index (χ1n) is 6.79. The van der Waals surface area contributed by atoms with Gasteiger partial charge in [0, 0.05) is 18.8 Å². The summed E-state index contributed by atoms with van der Waals surface area (Å²) in [7, 11) is 0. The Balaban J connectivity index is 2.33. The summed E-state index contributed by atoms with van der Waals surface area (Å²) in [5, 5.41) is 8.97. The number of piperidine rings is 1. The average Bonchev–Trinajstić information content (AvgIpc) is 2.40. The van der Waals surface area contributed by atoms with Crippen LogP contribution in [0.3, 0.4) is 0 Å². The van der Waals surface area contributed by atoms with Crippen LogP contribution in [0.5, 0.6) is 0 Å². The van der Waals surface area contributed by atoms with E-state index in [9.17, 15) is 9.18 Å². The van der Waals surface area contributed by atoms with Gasteiger partial charge in [-0.3, -0.25) is 0 Å². The van der Waals surface area contributed by atoms with E-state index in [0.29, 0.717) is 0 Å². The molecule has 1 aromatic heterocycles. The first-order chi connectivity index (χ1) is 9.15. The van der Waals surface area contributed by atoms with E-state index < -0.39 is 11.8 Å². The quantitative estimate of drug-likeness (QED) is 0.910. The van der Waals surface area contributed by atoms with Crippen LogP contribution < -0.4 is 4.90 Å². The lowest BCUT2D eigenvalue weighted by atomic mass is 9.98. The predicted octanol–water partition coefficient (Wildman–Crippen LogP) is 3.08. The Kier molecular flexibility index (Phi) is 4.35. The van der Waals surface area contributed by atoms with Crippen molar-refractivity contribution in [1.29, 1.82) is 0 Å². The minimum absolute atomic E-state index is 0.193. The van der Waals surface area contributed by atoms with Gasteiger partial charge >= 0.3 is 5.97 Å². The molecule has 1 N–H and O–H groups in total. The zero-order chi connectivity index (χ0) is 13.8. The Labute approximate surface area is 112 Å². The molecule has 1 aliphatic heterocycles. The van der Waals surface area contributed by atoms with Crippen molar-refractivity contribution >= 4 is 11.8 Å². The fourth-order valence-corrected chi connectivity index (χ4v) is 2.71. The molecule has 2 heterocycles. The smallest absolute Gasteiger partial charge is 0.338 e. The number of halogens is 1. The van der Waals surface area contributed by atoms with Crippen LogP contribution in [0.1, 0.15) is 49.4 Å². The monoisotopic (exact) mass is 266 g/mol. The third-order valence-electron chi connectivity index (χ3n) is 3.62. The third-order valence-corrected chi connectivity index (χ3v) is 3.62. The van der Waals surface area contributed by atoms with Crippen LogP contribution in [0.2, 0.25) is 0 Å². The molecule has 1 aliphatic rings. The highest BCUT2D eigenvalue weighted by Gasteiger charge is 2.27. The second kappa shape index (κ2) is 5.99. The lowest BCUT2D eigenvalue weighted by Crippen LogP contribution is -2.40. The molecule has 1 unspecified atom stereocenters. The van der Waals surface area contributed by atoms with E-state index in [2.05, 4.69) is 11.9 Å². The van der Waals surface area contributed by atoms with E-state index >= 15 is 0 Å². The fraction of sp³-hybridized carbons (Fsp3) is 0.571. The van der Waals surface area contributed by atoms with E-state index in [1.807, 2.05) is 4.90 Å². The Morgan fingerprint density at radius 1 is 1.58 bits per heavy atom. The summed E-state index contributed by atoms with van der Waals surface area (Å²) < 4.78 is 14.2. The van der Waals surface area contributed by atoms with E-state index in [0.717, 1.165) is 38.6 Å². The van der Waals surface area contributed by atoms with Crippen molar-refractivity contribution in [3.63, 3.8) is 0 Å². The van der Waals surface area contributed by atoms with Gasteiger partial charge in [-0.2, -0.15) is 0 Å². The highest BCUT2D eigenvalue weighted by atomic mass is 19.1. The summed E-state index contributed by atoms with van der Waals surface area (Å²) in [6.45, 7) is 2.85. The maximum atomic E-state index is 14.2. The van der Waals surface area contributed by atoms with E-state index in [1.54, 1.807) is 0 Å². The molecule has 1 atom stereocenters. The SMILES string of the molecule is CCCC1CCCCN1c1nccc(C(=O)O)c1F. The van der Waals surface area contributed by atoms with Crippen molar-refractivity contribution in [1.82, 2.24) is 4.98 Å². The number of carboxylic acids is 1. The minimum atomic E-state index is -1.25. The molecule has 0 amide bonds. The van der Waals surface area contributed by atoms with E-state index in [4.69, 9.17) is 5.11 Å². The Bertz CT molecular complexity index is 463. The summed E-state index contributed by atoms with van der Waals surface area (Å²) in [6, 6.07) is 1.48. The van der Waals surface area contributed by atoms with Crippen LogP contribution in [-0.4, -0.2) is 28.6 Å². The molecular weight excluding hydrogens is 247 g/mol. The topological polar surface area (TPSA) is 53.4 Å². The van der Waals surface area contributed by atoms with Crippen LogP contribution in [0.25, 0.3) is 0 Å². The third kappa shape index (κ3) is 2.85. The second-order valence-electron chi connectivity index (χ2n) is 4.93. The largest absolute Gasteiger partial charge is 0.478 e. The second-order valence-corrected chi connectivity index (χ2v) is 4.93. The average molecular weight is 266 g/mol. The van der Waals surface area contributed by atoms with Crippen molar-refractivity contribution in [3.05, 3.63) is 23.6 Å². The standard InChI is InChI=1S/C14H19FN2O2/c1-2-5-10-6-3-4-9-17(10)13-12(15)11(14(18)19)7-8-16-13/h7-8,10H,2-6,9H2,1H3,(H,18,19). The van der Waals surface area contributed by atoms with Gasteiger partial charge in [0.1, 0.15) is 5.56 Å². The number of hydrogen-bond donors (Lipinski definition) is 1. The van der Waals surface area contributed by atoms with Gasteiger partial charge in [-0.05, 0) is 31.7 Å². The van der Waals surface area contributed by atoms with Gasteiger partial charge in [0.05, 0.1) is 0 Å². The molecule has 4 nitrogen and oxygen atoms in total. The number of rotatable bonds is 4. The summed E-state index contributed by atoms with van der Waals surface area (Å²) in [5.74, 6) is -1.76. The molecule has 1 fully saturated rings. The molecule has 0 aliphatic carbocycles. The highest BCUT2D eigenvalue weighted by Crippen LogP contribution is 2.28. The number of aromatic nitrogens is 1. The number of aromatic carboxylic acids is 1. The van der Waals surface area contributed by atoms with E-state index in [1.165, 1.54) is 12.3 Å². The van der Waals surface area contributed by atoms with Crippen molar-refractivity contribution in [2.45, 2.75) is 45.1 Å². The van der Waals surface area contributed by atoms with Gasteiger partial charge in [-0.25, -0.2) is 14.2 Å². The van der Waals surface area contributed by atoms with Gasteiger partial charge in [0.2, 0.25) is 0 Å². The Morgan fingerprint density at radius 2 is 2.37 bits per heavy atom. The first kappa shape index (κ1) is 13.8. The van der Waals surface area contributed by atoms with Crippen molar-refractivity contribution in [3.8, 4) is 0 Å². The Hall–Kier alpha value is -1.65. The molecule has 5 heteroatoms. The fourth-order valence-electron chi connectivity index (χ4n) is 2.71. The first-order valence-corrected chi connectivity index (χ1v) is 6.79. The maximum Gasteiger partial charge on any atom is 0.338 e. The number of hydrogen-bond acceptors (Lipinski definition) is 3. The molecule has 0 radical (unpaired) electrons. The minimum Gasteiger partial charge on any atom is -0.478 e. The van der Waals surface area contributed by atoms with Gasteiger partial charge < -0.3 is 10.0 Å². The lowest BCUT2D eigenvalue weighted by molar-refractivity contribution is 0.0691. The summed E-state index contributed by atoms with van der Waals surface area (Å²) in [6.07, 6.45) is 6.55.